The number of ether oxygens (including phenoxy) is 1. The summed E-state index contributed by atoms with van der Waals surface area (Å²) in [5, 5.41) is 13.8. The van der Waals surface area contributed by atoms with Gasteiger partial charge in [-0.1, -0.05) is 18.2 Å². The first-order valence-electron chi connectivity index (χ1n) is 6.81. The molecule has 1 aliphatic heterocycles. The van der Waals surface area contributed by atoms with Crippen LogP contribution in [0, 0.1) is 0 Å². The topological polar surface area (TPSA) is 81.1 Å². The van der Waals surface area contributed by atoms with Gasteiger partial charge in [0.1, 0.15) is 24.7 Å². The van der Waals surface area contributed by atoms with Crippen molar-refractivity contribution >= 4 is 5.91 Å². The SMILES string of the molecule is Cn1cnnc1CNC(=O)C1NCCOc2ccccc21. The number of carbonyl (C=O) groups is 1. The molecule has 7 heteroatoms. The van der Waals surface area contributed by atoms with Gasteiger partial charge in [0.25, 0.3) is 0 Å². The van der Waals surface area contributed by atoms with Crippen LogP contribution in [0.15, 0.2) is 30.6 Å². The molecule has 2 aromatic rings. The molecule has 0 radical (unpaired) electrons. The summed E-state index contributed by atoms with van der Waals surface area (Å²) in [6, 6.07) is 7.17. The van der Waals surface area contributed by atoms with Gasteiger partial charge in [0.15, 0.2) is 5.82 Å². The summed E-state index contributed by atoms with van der Waals surface area (Å²) in [6.45, 7) is 1.51. The summed E-state index contributed by atoms with van der Waals surface area (Å²) in [7, 11) is 1.84. The fourth-order valence-electron chi connectivity index (χ4n) is 2.29. The van der Waals surface area contributed by atoms with Crippen molar-refractivity contribution in [1.82, 2.24) is 25.4 Å². The smallest absolute Gasteiger partial charge is 0.242 e. The normalized spacial score (nSPS) is 17.5. The van der Waals surface area contributed by atoms with Gasteiger partial charge in [-0.05, 0) is 6.07 Å². The van der Waals surface area contributed by atoms with E-state index in [1.807, 2.05) is 31.3 Å². The number of nitrogens with one attached hydrogen (secondary N) is 2. The number of rotatable bonds is 3. The van der Waals surface area contributed by atoms with E-state index in [1.165, 1.54) is 0 Å². The minimum atomic E-state index is -0.420. The number of hydrogen-bond donors (Lipinski definition) is 2. The summed E-state index contributed by atoms with van der Waals surface area (Å²) in [6.07, 6.45) is 1.61. The molecule has 1 aromatic carbocycles. The van der Waals surface area contributed by atoms with Gasteiger partial charge in [-0.15, -0.1) is 10.2 Å². The Balaban J connectivity index is 1.73. The molecule has 0 aliphatic carbocycles. The van der Waals surface area contributed by atoms with Gasteiger partial charge in [-0.3, -0.25) is 10.1 Å². The molecule has 0 saturated carbocycles. The lowest BCUT2D eigenvalue weighted by Crippen LogP contribution is -2.37. The summed E-state index contributed by atoms with van der Waals surface area (Å²) in [5.74, 6) is 1.36. The third-order valence-electron chi connectivity index (χ3n) is 3.43. The van der Waals surface area contributed by atoms with Crippen molar-refractivity contribution in [3.05, 3.63) is 42.0 Å². The van der Waals surface area contributed by atoms with Crippen molar-refractivity contribution in [3.8, 4) is 5.75 Å². The number of amides is 1. The highest BCUT2D eigenvalue weighted by atomic mass is 16.5. The maximum atomic E-state index is 12.4. The van der Waals surface area contributed by atoms with Crippen molar-refractivity contribution in [2.75, 3.05) is 13.2 Å². The second kappa shape index (κ2) is 5.92. The van der Waals surface area contributed by atoms with E-state index in [0.717, 1.165) is 11.3 Å². The van der Waals surface area contributed by atoms with Crippen LogP contribution in [-0.2, 0) is 18.4 Å². The molecular weight excluding hydrogens is 270 g/mol. The molecule has 1 amide bonds. The molecular formula is C14H17N5O2. The highest BCUT2D eigenvalue weighted by Gasteiger charge is 2.25. The summed E-state index contributed by atoms with van der Waals surface area (Å²) in [4.78, 5) is 12.4. The number of carbonyl (C=O) groups excluding carboxylic acids is 1. The molecule has 1 aliphatic rings. The van der Waals surface area contributed by atoms with E-state index >= 15 is 0 Å². The lowest BCUT2D eigenvalue weighted by atomic mass is 10.1. The van der Waals surface area contributed by atoms with Gasteiger partial charge in [0, 0.05) is 19.2 Å². The van der Waals surface area contributed by atoms with Gasteiger partial charge >= 0.3 is 0 Å². The highest BCUT2D eigenvalue weighted by molar-refractivity contribution is 5.84. The molecule has 0 saturated heterocycles. The second-order valence-corrected chi connectivity index (χ2v) is 4.85. The average Bonchev–Trinajstić information content (AvgIpc) is 2.79. The maximum Gasteiger partial charge on any atom is 0.242 e. The van der Waals surface area contributed by atoms with Crippen LogP contribution in [0.5, 0.6) is 5.75 Å². The predicted molar refractivity (Wildman–Crippen MR) is 75.5 cm³/mol. The molecule has 21 heavy (non-hydrogen) atoms. The molecule has 2 N–H and O–H groups in total. The van der Waals surface area contributed by atoms with Gasteiger partial charge in [0.2, 0.25) is 5.91 Å². The zero-order valence-corrected chi connectivity index (χ0v) is 11.7. The Labute approximate surface area is 122 Å². The Morgan fingerprint density at radius 1 is 1.52 bits per heavy atom. The Bertz CT molecular complexity index is 640. The molecule has 0 spiro atoms. The Hall–Kier alpha value is -2.41. The number of hydrogen-bond acceptors (Lipinski definition) is 5. The Morgan fingerprint density at radius 2 is 2.38 bits per heavy atom. The van der Waals surface area contributed by atoms with Crippen LogP contribution in [0.3, 0.4) is 0 Å². The third-order valence-corrected chi connectivity index (χ3v) is 3.43. The molecule has 1 atom stereocenters. The zero-order chi connectivity index (χ0) is 14.7. The molecule has 110 valence electrons. The van der Waals surface area contributed by atoms with Crippen molar-refractivity contribution in [2.24, 2.45) is 7.05 Å². The summed E-state index contributed by atoms with van der Waals surface area (Å²) >= 11 is 0. The van der Waals surface area contributed by atoms with Gasteiger partial charge in [-0.2, -0.15) is 0 Å². The largest absolute Gasteiger partial charge is 0.492 e. The first kappa shape index (κ1) is 13.6. The molecule has 1 unspecified atom stereocenters. The predicted octanol–water partition coefficient (Wildman–Crippen LogP) is 0.155. The van der Waals surface area contributed by atoms with E-state index in [-0.39, 0.29) is 5.91 Å². The molecule has 1 aromatic heterocycles. The minimum absolute atomic E-state index is 0.101. The van der Waals surface area contributed by atoms with Crippen LogP contribution < -0.4 is 15.4 Å². The fraction of sp³-hybridized carbons (Fsp3) is 0.357. The van der Waals surface area contributed by atoms with Crippen LogP contribution in [0.1, 0.15) is 17.4 Å². The number of aromatic nitrogens is 3. The van der Waals surface area contributed by atoms with E-state index < -0.39 is 6.04 Å². The lowest BCUT2D eigenvalue weighted by Gasteiger charge is -2.17. The second-order valence-electron chi connectivity index (χ2n) is 4.85. The zero-order valence-electron chi connectivity index (χ0n) is 11.7. The fourth-order valence-corrected chi connectivity index (χ4v) is 2.29. The van der Waals surface area contributed by atoms with Crippen molar-refractivity contribution in [3.63, 3.8) is 0 Å². The van der Waals surface area contributed by atoms with Crippen molar-refractivity contribution < 1.29 is 9.53 Å². The Morgan fingerprint density at radius 3 is 3.19 bits per heavy atom. The van der Waals surface area contributed by atoms with Gasteiger partial charge in [-0.25, -0.2) is 0 Å². The molecule has 0 bridgehead atoms. The Kier molecular flexibility index (Phi) is 3.83. The average molecular weight is 287 g/mol. The van der Waals surface area contributed by atoms with Gasteiger partial charge < -0.3 is 14.6 Å². The van der Waals surface area contributed by atoms with Gasteiger partial charge in [0.05, 0.1) is 6.54 Å². The number of benzene rings is 1. The van der Waals surface area contributed by atoms with Crippen LogP contribution in [0.2, 0.25) is 0 Å². The first-order valence-corrected chi connectivity index (χ1v) is 6.81. The molecule has 3 rings (SSSR count). The quantitative estimate of drug-likeness (QED) is 0.840. The van der Waals surface area contributed by atoms with E-state index in [1.54, 1.807) is 10.9 Å². The first-order chi connectivity index (χ1) is 10.3. The van der Waals surface area contributed by atoms with E-state index in [9.17, 15) is 4.79 Å². The summed E-state index contributed by atoms with van der Waals surface area (Å²) < 4.78 is 7.41. The van der Waals surface area contributed by atoms with Crippen molar-refractivity contribution in [2.45, 2.75) is 12.6 Å². The van der Waals surface area contributed by atoms with Crippen LogP contribution in [0.25, 0.3) is 0 Å². The number of aryl methyl sites for hydroxylation is 1. The third kappa shape index (κ3) is 2.87. The maximum absolute atomic E-state index is 12.4. The molecule has 7 nitrogen and oxygen atoms in total. The van der Waals surface area contributed by atoms with E-state index in [2.05, 4.69) is 20.8 Å². The molecule has 2 heterocycles. The number of nitrogens with zero attached hydrogens (tertiary/aromatic N) is 3. The van der Waals surface area contributed by atoms with Crippen LogP contribution in [-0.4, -0.2) is 33.8 Å². The minimum Gasteiger partial charge on any atom is -0.492 e. The van der Waals surface area contributed by atoms with E-state index in [4.69, 9.17) is 4.74 Å². The van der Waals surface area contributed by atoms with Crippen molar-refractivity contribution in [1.29, 1.82) is 0 Å². The lowest BCUT2D eigenvalue weighted by molar-refractivity contribution is -0.123. The monoisotopic (exact) mass is 287 g/mol. The van der Waals surface area contributed by atoms with Crippen LogP contribution >= 0.6 is 0 Å². The molecule has 0 fully saturated rings. The van der Waals surface area contributed by atoms with Crippen LogP contribution in [0.4, 0.5) is 0 Å². The van der Waals surface area contributed by atoms with E-state index in [0.29, 0.717) is 25.5 Å². The standard InChI is InChI=1S/C14H17N5O2/c1-19-9-17-18-12(19)8-16-14(20)13-10-4-2-3-5-11(10)21-7-6-15-13/h2-5,9,13,15H,6-8H2,1H3,(H,16,20). The number of fused-ring (bicyclic) bond motifs is 1. The number of para-hydroxylation sites is 1. The highest BCUT2D eigenvalue weighted by Crippen LogP contribution is 2.26. The summed E-state index contributed by atoms with van der Waals surface area (Å²) in [5.41, 5.74) is 0.852.